The number of benzene rings is 1. The lowest BCUT2D eigenvalue weighted by Crippen LogP contribution is -2.29. The minimum absolute atomic E-state index is 0.715. The largest absolute Gasteiger partial charge is 0.407 e. The van der Waals surface area contributed by atoms with Crippen molar-refractivity contribution in [1.29, 1.82) is 0 Å². The van der Waals surface area contributed by atoms with Gasteiger partial charge in [-0.3, -0.25) is 0 Å². The van der Waals surface area contributed by atoms with Gasteiger partial charge in [0.1, 0.15) is 11.9 Å². The molecule has 1 rings (SSSR count). The summed E-state index contributed by atoms with van der Waals surface area (Å²) in [6, 6.07) is -0.247. The molecular weight excluding hydrogens is 236 g/mol. The highest BCUT2D eigenvalue weighted by Gasteiger charge is 2.40. The Kier molecular flexibility index (Phi) is 3.47. The van der Waals surface area contributed by atoms with Crippen LogP contribution in [0.25, 0.3) is 0 Å². The van der Waals surface area contributed by atoms with Gasteiger partial charge in [-0.2, -0.15) is 13.2 Å². The van der Waals surface area contributed by atoms with Crippen LogP contribution in [0.5, 0.6) is 0 Å². The summed E-state index contributed by atoms with van der Waals surface area (Å²) in [4.78, 5) is 0. The molecule has 1 unspecified atom stereocenters. The molecule has 90 valence electrons. The maximum absolute atomic E-state index is 13.2. The molecule has 1 aromatic carbocycles. The smallest absolute Gasteiger partial charge is 0.316 e. The Hall–Kier alpha value is -1.24. The molecule has 16 heavy (non-hydrogen) atoms. The highest BCUT2D eigenvalue weighted by Crippen LogP contribution is 2.34. The van der Waals surface area contributed by atoms with E-state index in [1.807, 2.05) is 0 Å². The predicted octanol–water partition coefficient (Wildman–Crippen LogP) is 3.33. The maximum Gasteiger partial charge on any atom is 0.407 e. The fourth-order valence-electron chi connectivity index (χ4n) is 1.15. The first-order valence-corrected chi connectivity index (χ1v) is 4.14. The molecule has 1 nitrogen and oxygen atoms in total. The van der Waals surface area contributed by atoms with Crippen LogP contribution < -0.4 is 5.73 Å². The Morgan fingerprint density at radius 1 is 1.06 bits per heavy atom. The van der Waals surface area contributed by atoms with Crippen molar-refractivity contribution in [1.82, 2.24) is 0 Å². The van der Waals surface area contributed by atoms with Crippen molar-refractivity contribution < 1.29 is 26.3 Å². The van der Waals surface area contributed by atoms with Gasteiger partial charge in [-0.1, -0.05) is 18.2 Å². The van der Waals surface area contributed by atoms with Crippen LogP contribution in [0.3, 0.4) is 0 Å². The normalized spacial score (nSPS) is 14.2. The van der Waals surface area contributed by atoms with Crippen molar-refractivity contribution >= 4 is 0 Å². The van der Waals surface area contributed by atoms with Gasteiger partial charge < -0.3 is 5.73 Å². The maximum atomic E-state index is 13.2. The molecule has 0 aliphatic heterocycles. The third kappa shape index (κ3) is 2.46. The number of hydrogen-bond acceptors (Lipinski definition) is 1. The Labute approximate surface area is 86.9 Å². The molecule has 0 spiro atoms. The van der Waals surface area contributed by atoms with Crippen LogP contribution in [0, 0.1) is 5.82 Å². The third-order valence-corrected chi connectivity index (χ3v) is 1.98. The lowest BCUT2D eigenvalue weighted by molar-refractivity contribution is -0.149. The van der Waals surface area contributed by atoms with E-state index in [0.717, 1.165) is 12.1 Å². The number of halogens is 6. The first-order valence-electron chi connectivity index (χ1n) is 4.14. The SMILES string of the molecule is NC(c1cccc(C(F)F)c1F)C(F)(F)F. The minimum atomic E-state index is -4.87. The number of alkyl halides is 5. The quantitative estimate of drug-likeness (QED) is 0.792. The predicted molar refractivity (Wildman–Crippen MR) is 44.3 cm³/mol. The summed E-state index contributed by atoms with van der Waals surface area (Å²) in [5, 5.41) is 0. The molecule has 0 saturated heterocycles. The zero-order valence-corrected chi connectivity index (χ0v) is 7.73. The number of hydrogen-bond donors (Lipinski definition) is 1. The van der Waals surface area contributed by atoms with Crippen LogP contribution in [0.4, 0.5) is 26.3 Å². The molecule has 2 N–H and O–H groups in total. The summed E-state index contributed by atoms with van der Waals surface area (Å²) >= 11 is 0. The summed E-state index contributed by atoms with van der Waals surface area (Å²) in [7, 11) is 0. The molecule has 0 aliphatic rings. The minimum Gasteiger partial charge on any atom is -0.316 e. The highest BCUT2D eigenvalue weighted by atomic mass is 19.4. The second kappa shape index (κ2) is 4.32. The van der Waals surface area contributed by atoms with Gasteiger partial charge in [0.25, 0.3) is 6.43 Å². The van der Waals surface area contributed by atoms with Gasteiger partial charge in [0.05, 0.1) is 5.56 Å². The molecule has 0 aromatic heterocycles. The topological polar surface area (TPSA) is 26.0 Å². The standard InChI is InChI=1S/C9H7F6N/c10-6-4(7(16)9(13,14)15)2-1-3-5(6)8(11)12/h1-3,7-8H,16H2. The average Bonchev–Trinajstić information content (AvgIpc) is 2.15. The molecule has 1 atom stereocenters. The monoisotopic (exact) mass is 243 g/mol. The Morgan fingerprint density at radius 2 is 1.56 bits per heavy atom. The van der Waals surface area contributed by atoms with Gasteiger partial charge in [-0.25, -0.2) is 13.2 Å². The molecule has 0 bridgehead atoms. The zero-order chi connectivity index (χ0) is 12.5. The first kappa shape index (κ1) is 12.8. The van der Waals surface area contributed by atoms with Crippen molar-refractivity contribution in [2.24, 2.45) is 5.73 Å². The van der Waals surface area contributed by atoms with E-state index < -0.39 is 35.6 Å². The van der Waals surface area contributed by atoms with Crippen molar-refractivity contribution in [2.75, 3.05) is 0 Å². The van der Waals surface area contributed by atoms with Crippen LogP contribution >= 0.6 is 0 Å². The van der Waals surface area contributed by atoms with E-state index in [0.29, 0.717) is 6.07 Å². The van der Waals surface area contributed by atoms with Crippen LogP contribution in [0.2, 0.25) is 0 Å². The Bertz CT molecular complexity index is 373. The Morgan fingerprint density at radius 3 is 2.00 bits per heavy atom. The van der Waals surface area contributed by atoms with Crippen LogP contribution in [-0.2, 0) is 0 Å². The summed E-state index contributed by atoms with van der Waals surface area (Å²) in [6.07, 6.45) is -8.05. The molecule has 0 aliphatic carbocycles. The van der Waals surface area contributed by atoms with E-state index in [-0.39, 0.29) is 0 Å². The molecule has 0 amide bonds. The number of nitrogens with two attached hydrogens (primary N) is 1. The second-order valence-electron chi connectivity index (χ2n) is 3.07. The Balaban J connectivity index is 3.21. The molecular formula is C9H7F6N. The lowest BCUT2D eigenvalue weighted by atomic mass is 10.0. The van der Waals surface area contributed by atoms with E-state index in [9.17, 15) is 26.3 Å². The molecule has 0 saturated carbocycles. The first-order chi connectivity index (χ1) is 7.25. The van der Waals surface area contributed by atoms with Crippen LogP contribution in [0.1, 0.15) is 23.6 Å². The van der Waals surface area contributed by atoms with E-state index in [1.165, 1.54) is 0 Å². The van der Waals surface area contributed by atoms with Crippen molar-refractivity contribution in [3.8, 4) is 0 Å². The summed E-state index contributed by atoms with van der Waals surface area (Å²) < 4.78 is 74.2. The van der Waals surface area contributed by atoms with E-state index in [2.05, 4.69) is 0 Å². The van der Waals surface area contributed by atoms with E-state index in [4.69, 9.17) is 5.73 Å². The molecule has 1 aromatic rings. The van der Waals surface area contributed by atoms with E-state index in [1.54, 1.807) is 0 Å². The fourth-order valence-corrected chi connectivity index (χ4v) is 1.15. The average molecular weight is 243 g/mol. The van der Waals surface area contributed by atoms with Crippen molar-refractivity contribution in [3.63, 3.8) is 0 Å². The highest BCUT2D eigenvalue weighted by molar-refractivity contribution is 5.29. The second-order valence-corrected chi connectivity index (χ2v) is 3.07. The van der Waals surface area contributed by atoms with Crippen LogP contribution in [0.15, 0.2) is 18.2 Å². The van der Waals surface area contributed by atoms with Gasteiger partial charge in [0.2, 0.25) is 0 Å². The van der Waals surface area contributed by atoms with E-state index >= 15 is 0 Å². The van der Waals surface area contributed by atoms with Gasteiger partial charge in [0.15, 0.2) is 0 Å². The van der Waals surface area contributed by atoms with Gasteiger partial charge >= 0.3 is 6.18 Å². The van der Waals surface area contributed by atoms with Gasteiger partial charge in [-0.15, -0.1) is 0 Å². The third-order valence-electron chi connectivity index (χ3n) is 1.98. The summed E-state index contributed by atoms with van der Waals surface area (Å²) in [5.74, 6) is -1.61. The lowest BCUT2D eigenvalue weighted by Gasteiger charge is -2.17. The molecule has 7 heteroatoms. The van der Waals surface area contributed by atoms with Crippen LogP contribution in [-0.4, -0.2) is 6.18 Å². The van der Waals surface area contributed by atoms with Gasteiger partial charge in [-0.05, 0) is 0 Å². The fraction of sp³-hybridized carbons (Fsp3) is 0.333. The van der Waals surface area contributed by atoms with Gasteiger partial charge in [0, 0.05) is 5.56 Å². The molecule has 0 radical (unpaired) electrons. The molecule has 0 fully saturated rings. The summed E-state index contributed by atoms with van der Waals surface area (Å²) in [5.41, 5.74) is 2.66. The van der Waals surface area contributed by atoms with Crippen molar-refractivity contribution in [2.45, 2.75) is 18.6 Å². The molecule has 0 heterocycles. The number of rotatable bonds is 2. The zero-order valence-electron chi connectivity index (χ0n) is 7.73. The van der Waals surface area contributed by atoms with Crippen molar-refractivity contribution in [3.05, 3.63) is 35.1 Å². The summed E-state index contributed by atoms with van der Waals surface area (Å²) in [6.45, 7) is 0.